The van der Waals surface area contributed by atoms with Crippen LogP contribution in [0.1, 0.15) is 16.7 Å². The molecular formula is C15H18N2O3S. The van der Waals surface area contributed by atoms with Crippen LogP contribution in [0, 0.1) is 6.92 Å². The van der Waals surface area contributed by atoms with Gasteiger partial charge in [-0.15, -0.1) is 0 Å². The number of aliphatic hydroxyl groups is 1. The minimum Gasteiger partial charge on any atom is -0.399 e. The van der Waals surface area contributed by atoms with Crippen LogP contribution in [0.2, 0.25) is 0 Å². The van der Waals surface area contributed by atoms with Crippen LogP contribution in [0.4, 0.5) is 5.69 Å². The van der Waals surface area contributed by atoms with E-state index in [1.54, 1.807) is 43.3 Å². The molecule has 2 rings (SSSR count). The number of sulfonamides is 1. The first-order chi connectivity index (χ1) is 9.92. The lowest BCUT2D eigenvalue weighted by Gasteiger charge is -2.09. The van der Waals surface area contributed by atoms with Gasteiger partial charge in [-0.05, 0) is 41.8 Å². The molecule has 0 bridgehead atoms. The van der Waals surface area contributed by atoms with Gasteiger partial charge in [0.2, 0.25) is 10.0 Å². The van der Waals surface area contributed by atoms with Gasteiger partial charge in [0.1, 0.15) is 0 Å². The van der Waals surface area contributed by atoms with Crippen LogP contribution in [-0.2, 0) is 23.2 Å². The molecule has 0 heterocycles. The Bertz CT molecular complexity index is 742. The number of aryl methyl sites for hydroxylation is 1. The second-order valence-corrected chi connectivity index (χ2v) is 6.59. The summed E-state index contributed by atoms with van der Waals surface area (Å²) in [4.78, 5) is 0.188. The van der Waals surface area contributed by atoms with E-state index in [1.807, 2.05) is 0 Å². The standard InChI is InChI=1S/C15H18N2O3S/c1-11-7-14(5-6-15(11)16)21(19,20)17-9-12-3-2-4-13(8-12)10-18/h2-8,17-18H,9-10,16H2,1H3. The number of hydrogen-bond donors (Lipinski definition) is 3. The van der Waals surface area contributed by atoms with Crippen molar-refractivity contribution in [3.8, 4) is 0 Å². The smallest absolute Gasteiger partial charge is 0.240 e. The van der Waals surface area contributed by atoms with Crippen molar-refractivity contribution in [3.05, 3.63) is 59.2 Å². The van der Waals surface area contributed by atoms with Crippen molar-refractivity contribution in [2.45, 2.75) is 25.0 Å². The summed E-state index contributed by atoms with van der Waals surface area (Å²) in [6.45, 7) is 1.86. The maximum atomic E-state index is 12.2. The van der Waals surface area contributed by atoms with Crippen molar-refractivity contribution in [2.24, 2.45) is 0 Å². The predicted octanol–water partition coefficient (Wildman–Crippen LogP) is 1.55. The van der Waals surface area contributed by atoms with Gasteiger partial charge in [0.05, 0.1) is 11.5 Å². The Labute approximate surface area is 124 Å². The minimum absolute atomic E-state index is 0.0717. The van der Waals surface area contributed by atoms with Crippen molar-refractivity contribution in [1.29, 1.82) is 0 Å². The van der Waals surface area contributed by atoms with Crippen LogP contribution >= 0.6 is 0 Å². The molecule has 0 aliphatic rings. The van der Waals surface area contributed by atoms with E-state index in [9.17, 15) is 8.42 Å². The molecule has 0 aromatic heterocycles. The summed E-state index contributed by atoms with van der Waals surface area (Å²) in [5.41, 5.74) is 8.51. The molecule has 0 saturated carbocycles. The highest BCUT2D eigenvalue weighted by atomic mass is 32.2. The molecule has 112 valence electrons. The molecule has 0 saturated heterocycles. The summed E-state index contributed by atoms with van der Waals surface area (Å²) in [6.07, 6.45) is 0. The fourth-order valence-corrected chi connectivity index (χ4v) is 3.02. The zero-order chi connectivity index (χ0) is 15.5. The van der Waals surface area contributed by atoms with Crippen LogP contribution in [0.3, 0.4) is 0 Å². The lowest BCUT2D eigenvalue weighted by Crippen LogP contribution is -2.23. The average Bonchev–Trinajstić information content (AvgIpc) is 2.48. The lowest BCUT2D eigenvalue weighted by atomic mass is 10.1. The highest BCUT2D eigenvalue weighted by molar-refractivity contribution is 7.89. The monoisotopic (exact) mass is 306 g/mol. The third-order valence-electron chi connectivity index (χ3n) is 3.19. The average molecular weight is 306 g/mol. The molecule has 0 atom stereocenters. The molecular weight excluding hydrogens is 288 g/mol. The Balaban J connectivity index is 2.15. The minimum atomic E-state index is -3.59. The second-order valence-electron chi connectivity index (χ2n) is 4.82. The van der Waals surface area contributed by atoms with E-state index in [-0.39, 0.29) is 18.0 Å². The van der Waals surface area contributed by atoms with Gasteiger partial charge in [0, 0.05) is 12.2 Å². The van der Waals surface area contributed by atoms with Gasteiger partial charge in [-0.2, -0.15) is 0 Å². The predicted molar refractivity (Wildman–Crippen MR) is 82.0 cm³/mol. The van der Waals surface area contributed by atoms with Crippen LogP contribution in [0.15, 0.2) is 47.4 Å². The first kappa shape index (κ1) is 15.5. The molecule has 2 aromatic carbocycles. The largest absolute Gasteiger partial charge is 0.399 e. The molecule has 0 aliphatic carbocycles. The summed E-state index contributed by atoms with van der Waals surface area (Å²) < 4.78 is 27.0. The van der Waals surface area contributed by atoms with Gasteiger partial charge in [0.15, 0.2) is 0 Å². The molecule has 6 heteroatoms. The number of anilines is 1. The number of aliphatic hydroxyl groups excluding tert-OH is 1. The van der Waals surface area contributed by atoms with E-state index in [2.05, 4.69) is 4.72 Å². The molecule has 4 N–H and O–H groups in total. The van der Waals surface area contributed by atoms with Crippen molar-refractivity contribution in [2.75, 3.05) is 5.73 Å². The molecule has 0 radical (unpaired) electrons. The fraction of sp³-hybridized carbons (Fsp3) is 0.200. The zero-order valence-electron chi connectivity index (χ0n) is 11.7. The summed E-state index contributed by atoms with van der Waals surface area (Å²) in [5, 5.41) is 9.07. The van der Waals surface area contributed by atoms with Crippen LogP contribution < -0.4 is 10.5 Å². The van der Waals surface area contributed by atoms with E-state index in [0.717, 1.165) is 16.7 Å². The first-order valence-corrected chi connectivity index (χ1v) is 7.95. The van der Waals surface area contributed by atoms with Gasteiger partial charge in [0.25, 0.3) is 0 Å². The number of hydrogen-bond acceptors (Lipinski definition) is 4. The normalized spacial score (nSPS) is 11.5. The summed E-state index contributed by atoms with van der Waals surface area (Å²) in [7, 11) is -3.59. The number of benzene rings is 2. The Hall–Kier alpha value is -1.89. The Kier molecular flexibility index (Phi) is 4.62. The maximum absolute atomic E-state index is 12.2. The van der Waals surface area contributed by atoms with E-state index < -0.39 is 10.0 Å². The number of rotatable bonds is 5. The fourth-order valence-electron chi connectivity index (χ4n) is 1.91. The van der Waals surface area contributed by atoms with Gasteiger partial charge in [-0.1, -0.05) is 24.3 Å². The van der Waals surface area contributed by atoms with E-state index in [0.29, 0.717) is 5.69 Å². The van der Waals surface area contributed by atoms with Crippen molar-refractivity contribution in [3.63, 3.8) is 0 Å². The third-order valence-corrected chi connectivity index (χ3v) is 4.59. The van der Waals surface area contributed by atoms with E-state index in [1.165, 1.54) is 6.07 Å². The molecule has 0 fully saturated rings. The number of nitrogen functional groups attached to an aromatic ring is 1. The van der Waals surface area contributed by atoms with Gasteiger partial charge >= 0.3 is 0 Å². The Morgan fingerprint density at radius 2 is 1.86 bits per heavy atom. The quantitative estimate of drug-likeness (QED) is 0.731. The van der Waals surface area contributed by atoms with Crippen LogP contribution in [-0.4, -0.2) is 13.5 Å². The van der Waals surface area contributed by atoms with Crippen LogP contribution in [0.25, 0.3) is 0 Å². The summed E-state index contributed by atoms with van der Waals surface area (Å²) >= 11 is 0. The highest BCUT2D eigenvalue weighted by Crippen LogP contribution is 2.17. The number of nitrogens with one attached hydrogen (secondary N) is 1. The molecule has 21 heavy (non-hydrogen) atoms. The maximum Gasteiger partial charge on any atom is 0.240 e. The van der Waals surface area contributed by atoms with Crippen molar-refractivity contribution in [1.82, 2.24) is 4.72 Å². The molecule has 0 amide bonds. The first-order valence-electron chi connectivity index (χ1n) is 6.47. The Morgan fingerprint density at radius 3 is 2.52 bits per heavy atom. The van der Waals surface area contributed by atoms with Gasteiger partial charge in [-0.3, -0.25) is 0 Å². The molecule has 2 aromatic rings. The van der Waals surface area contributed by atoms with E-state index in [4.69, 9.17) is 10.8 Å². The topological polar surface area (TPSA) is 92.4 Å². The molecule has 0 spiro atoms. The Morgan fingerprint density at radius 1 is 1.14 bits per heavy atom. The molecule has 0 unspecified atom stereocenters. The zero-order valence-corrected chi connectivity index (χ0v) is 12.5. The summed E-state index contributed by atoms with van der Waals surface area (Å²) in [6, 6.07) is 11.7. The van der Waals surface area contributed by atoms with Crippen molar-refractivity contribution >= 4 is 15.7 Å². The molecule has 5 nitrogen and oxygen atoms in total. The van der Waals surface area contributed by atoms with E-state index >= 15 is 0 Å². The molecule has 0 aliphatic heterocycles. The third kappa shape index (κ3) is 3.81. The summed E-state index contributed by atoms with van der Waals surface area (Å²) in [5.74, 6) is 0. The number of nitrogens with two attached hydrogens (primary N) is 1. The van der Waals surface area contributed by atoms with Crippen molar-refractivity contribution < 1.29 is 13.5 Å². The highest BCUT2D eigenvalue weighted by Gasteiger charge is 2.14. The van der Waals surface area contributed by atoms with Gasteiger partial charge < -0.3 is 10.8 Å². The second kappa shape index (κ2) is 6.26. The SMILES string of the molecule is Cc1cc(S(=O)(=O)NCc2cccc(CO)c2)ccc1N. The van der Waals surface area contributed by atoms with Gasteiger partial charge in [-0.25, -0.2) is 13.1 Å². The van der Waals surface area contributed by atoms with Crippen LogP contribution in [0.5, 0.6) is 0 Å². The lowest BCUT2D eigenvalue weighted by molar-refractivity contribution is 0.281.